The van der Waals surface area contributed by atoms with Crippen LogP contribution in [0.2, 0.25) is 0 Å². The van der Waals surface area contributed by atoms with Crippen LogP contribution in [0.25, 0.3) is 0 Å². The van der Waals surface area contributed by atoms with Gasteiger partial charge in [0, 0.05) is 10.9 Å². The molecule has 0 radical (unpaired) electrons. The fourth-order valence-electron chi connectivity index (χ4n) is 1.69. The number of aryl methyl sites for hydroxylation is 1. The fraction of sp³-hybridized carbons (Fsp3) is 0.333. The summed E-state index contributed by atoms with van der Waals surface area (Å²) in [5, 5.41) is 13.6. The van der Waals surface area contributed by atoms with Crippen LogP contribution in [0.4, 0.5) is 0 Å². The van der Waals surface area contributed by atoms with Gasteiger partial charge >= 0.3 is 0 Å². The molecule has 17 heavy (non-hydrogen) atoms. The van der Waals surface area contributed by atoms with Gasteiger partial charge in [-0.2, -0.15) is 0 Å². The van der Waals surface area contributed by atoms with Crippen molar-refractivity contribution >= 4 is 11.3 Å². The van der Waals surface area contributed by atoms with Crippen molar-refractivity contribution < 1.29 is 4.74 Å². The zero-order valence-corrected chi connectivity index (χ0v) is 10.9. The van der Waals surface area contributed by atoms with Gasteiger partial charge in [-0.3, -0.25) is 0 Å². The summed E-state index contributed by atoms with van der Waals surface area (Å²) in [4.78, 5) is 1.29. The number of thiophene rings is 1. The number of nitrogens with zero attached hydrogens (tertiary/aromatic N) is 2. The lowest BCUT2D eigenvalue weighted by Crippen LogP contribution is -2.18. The van der Waals surface area contributed by atoms with Gasteiger partial charge in [-0.05, 0) is 37.0 Å². The number of rotatable bonds is 4. The molecular weight excluding hydrogens is 234 g/mol. The average Bonchev–Trinajstić information content (AvgIpc) is 2.78. The van der Waals surface area contributed by atoms with Crippen molar-refractivity contribution in [2.75, 3.05) is 14.2 Å². The Kier molecular flexibility index (Phi) is 3.71. The minimum absolute atomic E-state index is 0.0818. The Labute approximate surface area is 105 Å². The van der Waals surface area contributed by atoms with Gasteiger partial charge in [-0.1, -0.05) is 0 Å². The van der Waals surface area contributed by atoms with Crippen LogP contribution in [0.1, 0.15) is 22.2 Å². The standard InChI is InChI=1S/C12H15N3OS/c1-8-6-9(7-17-8)12(13-2)10-4-5-11(16-3)15-14-10/h4-7,12-13H,1-3H3. The lowest BCUT2D eigenvalue weighted by atomic mass is 10.1. The van der Waals surface area contributed by atoms with Crippen LogP contribution in [-0.4, -0.2) is 24.4 Å². The van der Waals surface area contributed by atoms with E-state index in [1.807, 2.05) is 19.2 Å². The molecule has 0 bridgehead atoms. The Morgan fingerprint density at radius 1 is 1.35 bits per heavy atom. The van der Waals surface area contributed by atoms with Crippen molar-refractivity contribution in [3.63, 3.8) is 0 Å². The van der Waals surface area contributed by atoms with Crippen LogP contribution < -0.4 is 10.1 Å². The molecule has 2 rings (SSSR count). The van der Waals surface area contributed by atoms with Gasteiger partial charge < -0.3 is 10.1 Å². The first-order valence-corrected chi connectivity index (χ1v) is 6.22. The van der Waals surface area contributed by atoms with E-state index in [1.165, 1.54) is 10.4 Å². The van der Waals surface area contributed by atoms with Crippen LogP contribution in [0.5, 0.6) is 5.88 Å². The molecule has 0 saturated heterocycles. The van der Waals surface area contributed by atoms with E-state index in [4.69, 9.17) is 4.74 Å². The molecule has 2 aromatic rings. The fourth-order valence-corrected chi connectivity index (χ4v) is 2.42. The SMILES string of the molecule is CNC(c1csc(C)c1)c1ccc(OC)nn1. The summed E-state index contributed by atoms with van der Waals surface area (Å²) >= 11 is 1.74. The minimum Gasteiger partial charge on any atom is -0.480 e. The molecule has 0 aliphatic carbocycles. The van der Waals surface area contributed by atoms with Gasteiger partial charge in [0.05, 0.1) is 18.8 Å². The van der Waals surface area contributed by atoms with E-state index in [-0.39, 0.29) is 6.04 Å². The van der Waals surface area contributed by atoms with Gasteiger partial charge in [-0.25, -0.2) is 0 Å². The molecule has 0 aromatic carbocycles. The van der Waals surface area contributed by atoms with Crippen molar-refractivity contribution in [1.82, 2.24) is 15.5 Å². The lowest BCUT2D eigenvalue weighted by molar-refractivity contribution is 0.390. The van der Waals surface area contributed by atoms with Crippen LogP contribution in [0, 0.1) is 6.92 Å². The molecule has 90 valence electrons. The third kappa shape index (κ3) is 2.62. The summed E-state index contributed by atoms with van der Waals surface area (Å²) in [5.41, 5.74) is 2.11. The van der Waals surface area contributed by atoms with Gasteiger partial charge in [0.2, 0.25) is 5.88 Å². The third-order valence-electron chi connectivity index (χ3n) is 2.54. The van der Waals surface area contributed by atoms with Crippen molar-refractivity contribution in [2.45, 2.75) is 13.0 Å². The smallest absolute Gasteiger partial charge is 0.233 e. The highest BCUT2D eigenvalue weighted by Gasteiger charge is 2.15. The number of hydrogen-bond acceptors (Lipinski definition) is 5. The second-order valence-electron chi connectivity index (χ2n) is 3.71. The number of nitrogens with one attached hydrogen (secondary N) is 1. The van der Waals surface area contributed by atoms with E-state index < -0.39 is 0 Å². The number of methoxy groups -OCH3 is 1. The molecule has 4 nitrogen and oxygen atoms in total. The lowest BCUT2D eigenvalue weighted by Gasteiger charge is -2.13. The number of aromatic nitrogens is 2. The largest absolute Gasteiger partial charge is 0.480 e. The Hall–Kier alpha value is -1.46. The Bertz CT molecular complexity index is 481. The summed E-state index contributed by atoms with van der Waals surface area (Å²) in [6, 6.07) is 6.00. The first kappa shape index (κ1) is 12.0. The van der Waals surface area contributed by atoms with Crippen molar-refractivity contribution in [3.05, 3.63) is 39.7 Å². The molecule has 1 atom stereocenters. The van der Waals surface area contributed by atoms with E-state index >= 15 is 0 Å². The first-order valence-electron chi connectivity index (χ1n) is 5.34. The zero-order valence-electron chi connectivity index (χ0n) is 10.1. The zero-order chi connectivity index (χ0) is 12.3. The highest BCUT2D eigenvalue weighted by Crippen LogP contribution is 2.24. The second-order valence-corrected chi connectivity index (χ2v) is 4.83. The molecule has 5 heteroatoms. The normalized spacial score (nSPS) is 12.4. The van der Waals surface area contributed by atoms with Crippen LogP contribution >= 0.6 is 11.3 Å². The molecule has 1 N–H and O–H groups in total. The molecule has 0 saturated carbocycles. The highest BCUT2D eigenvalue weighted by molar-refractivity contribution is 7.10. The maximum absolute atomic E-state index is 5.00. The van der Waals surface area contributed by atoms with Gasteiger partial charge in [0.15, 0.2) is 0 Å². The molecule has 0 aliphatic heterocycles. The van der Waals surface area contributed by atoms with E-state index in [9.17, 15) is 0 Å². The van der Waals surface area contributed by atoms with E-state index in [1.54, 1.807) is 18.4 Å². The Morgan fingerprint density at radius 2 is 2.18 bits per heavy atom. The molecule has 0 amide bonds. The van der Waals surface area contributed by atoms with Crippen LogP contribution in [0.15, 0.2) is 23.6 Å². The number of ether oxygens (including phenoxy) is 1. The van der Waals surface area contributed by atoms with Crippen LogP contribution in [-0.2, 0) is 0 Å². The molecule has 0 aliphatic rings. The topological polar surface area (TPSA) is 47.0 Å². The van der Waals surface area contributed by atoms with E-state index in [0.29, 0.717) is 5.88 Å². The quantitative estimate of drug-likeness (QED) is 0.902. The average molecular weight is 249 g/mol. The van der Waals surface area contributed by atoms with E-state index in [2.05, 4.69) is 33.9 Å². The molecular formula is C12H15N3OS. The summed E-state index contributed by atoms with van der Waals surface area (Å²) in [6.07, 6.45) is 0. The van der Waals surface area contributed by atoms with Gasteiger partial charge in [-0.15, -0.1) is 21.5 Å². The third-order valence-corrected chi connectivity index (χ3v) is 3.42. The summed E-state index contributed by atoms with van der Waals surface area (Å²) in [6.45, 7) is 2.10. The maximum Gasteiger partial charge on any atom is 0.233 e. The van der Waals surface area contributed by atoms with Crippen molar-refractivity contribution in [3.8, 4) is 5.88 Å². The Balaban J connectivity index is 2.28. The summed E-state index contributed by atoms with van der Waals surface area (Å²) in [7, 11) is 3.51. The van der Waals surface area contributed by atoms with Gasteiger partial charge in [0.25, 0.3) is 0 Å². The predicted octanol–water partition coefficient (Wildman–Crippen LogP) is 2.16. The number of hydrogen-bond donors (Lipinski definition) is 1. The summed E-state index contributed by atoms with van der Waals surface area (Å²) in [5.74, 6) is 0.533. The molecule has 1 unspecified atom stereocenters. The molecule has 0 spiro atoms. The monoisotopic (exact) mass is 249 g/mol. The van der Waals surface area contributed by atoms with Gasteiger partial charge in [0.1, 0.15) is 0 Å². The highest BCUT2D eigenvalue weighted by atomic mass is 32.1. The van der Waals surface area contributed by atoms with Crippen molar-refractivity contribution in [1.29, 1.82) is 0 Å². The van der Waals surface area contributed by atoms with Crippen LogP contribution in [0.3, 0.4) is 0 Å². The van der Waals surface area contributed by atoms with E-state index in [0.717, 1.165) is 5.69 Å². The Morgan fingerprint density at radius 3 is 2.65 bits per heavy atom. The maximum atomic E-state index is 5.00. The predicted molar refractivity (Wildman–Crippen MR) is 68.5 cm³/mol. The van der Waals surface area contributed by atoms with Crippen molar-refractivity contribution in [2.24, 2.45) is 0 Å². The minimum atomic E-state index is 0.0818. The second kappa shape index (κ2) is 5.25. The molecule has 0 fully saturated rings. The first-order chi connectivity index (χ1) is 8.24. The molecule has 2 aromatic heterocycles. The molecule has 2 heterocycles. The summed E-state index contributed by atoms with van der Waals surface area (Å²) < 4.78 is 5.00.